The van der Waals surface area contributed by atoms with Crippen LogP contribution >= 0.6 is 0 Å². The average Bonchev–Trinajstić information content (AvgIpc) is 2.51. The third-order valence-corrected chi connectivity index (χ3v) is 2.88. The molecule has 112 valence electrons. The Bertz CT molecular complexity index is 540. The van der Waals surface area contributed by atoms with Gasteiger partial charge in [0.15, 0.2) is 11.5 Å². The van der Waals surface area contributed by atoms with Crippen molar-refractivity contribution in [3.05, 3.63) is 54.1 Å². The summed E-state index contributed by atoms with van der Waals surface area (Å²) in [6, 6.07) is 15.3. The minimum atomic E-state index is 0.485. The molecular weight excluding hydrogens is 266 g/mol. The summed E-state index contributed by atoms with van der Waals surface area (Å²) in [5.41, 5.74) is 7.49. The van der Waals surface area contributed by atoms with Crippen molar-refractivity contribution >= 4 is 5.69 Å². The van der Waals surface area contributed by atoms with E-state index in [1.54, 1.807) is 0 Å². The van der Waals surface area contributed by atoms with E-state index in [4.69, 9.17) is 19.9 Å². The van der Waals surface area contributed by atoms with Crippen molar-refractivity contribution in [3.8, 4) is 11.5 Å². The van der Waals surface area contributed by atoms with Gasteiger partial charge in [0, 0.05) is 5.69 Å². The van der Waals surface area contributed by atoms with Crippen molar-refractivity contribution < 1.29 is 14.2 Å². The normalized spacial score (nSPS) is 10.3. The predicted molar refractivity (Wildman–Crippen MR) is 83.6 cm³/mol. The number of rotatable bonds is 8. The Labute approximate surface area is 125 Å². The molecule has 0 bridgehead atoms. The fourth-order valence-corrected chi connectivity index (χ4v) is 1.86. The summed E-state index contributed by atoms with van der Waals surface area (Å²) < 4.78 is 16.7. The molecule has 0 aliphatic heterocycles. The Morgan fingerprint density at radius 3 is 2.19 bits per heavy atom. The molecule has 0 aliphatic carbocycles. The van der Waals surface area contributed by atoms with E-state index in [9.17, 15) is 0 Å². The lowest BCUT2D eigenvalue weighted by Gasteiger charge is -2.11. The van der Waals surface area contributed by atoms with E-state index in [-0.39, 0.29) is 0 Å². The molecule has 0 saturated heterocycles. The molecule has 0 amide bonds. The summed E-state index contributed by atoms with van der Waals surface area (Å²) in [7, 11) is 0. The first-order chi connectivity index (χ1) is 10.3. The summed E-state index contributed by atoms with van der Waals surface area (Å²) in [6.45, 7) is 4.13. The molecule has 0 unspecified atom stereocenters. The molecule has 0 spiro atoms. The first-order valence-electron chi connectivity index (χ1n) is 7.06. The van der Waals surface area contributed by atoms with E-state index in [0.29, 0.717) is 26.4 Å². The number of ether oxygens (including phenoxy) is 3. The van der Waals surface area contributed by atoms with Crippen LogP contribution in [0.1, 0.15) is 12.5 Å². The van der Waals surface area contributed by atoms with Crippen LogP contribution in [0, 0.1) is 0 Å². The number of para-hydroxylation sites is 2. The van der Waals surface area contributed by atoms with Crippen LogP contribution in [0.25, 0.3) is 0 Å². The fraction of sp³-hybridized carbons (Fsp3) is 0.294. The minimum Gasteiger partial charge on any atom is -0.490 e. The molecule has 0 aromatic heterocycles. The maximum Gasteiger partial charge on any atom is 0.161 e. The lowest BCUT2D eigenvalue weighted by Crippen LogP contribution is -2.07. The van der Waals surface area contributed by atoms with Gasteiger partial charge in [0.25, 0.3) is 0 Å². The summed E-state index contributed by atoms with van der Waals surface area (Å²) in [5.74, 6) is 1.51. The average molecular weight is 287 g/mol. The van der Waals surface area contributed by atoms with Crippen LogP contribution in [0.4, 0.5) is 5.69 Å². The molecule has 4 heteroatoms. The van der Waals surface area contributed by atoms with Gasteiger partial charge in [-0.15, -0.1) is 0 Å². The van der Waals surface area contributed by atoms with Crippen molar-refractivity contribution in [1.29, 1.82) is 0 Å². The van der Waals surface area contributed by atoms with Gasteiger partial charge in [0.2, 0.25) is 0 Å². The van der Waals surface area contributed by atoms with Crippen molar-refractivity contribution in [1.82, 2.24) is 0 Å². The highest BCUT2D eigenvalue weighted by Crippen LogP contribution is 2.26. The molecule has 21 heavy (non-hydrogen) atoms. The van der Waals surface area contributed by atoms with Gasteiger partial charge in [-0.05, 0) is 36.8 Å². The molecule has 0 fully saturated rings. The smallest absolute Gasteiger partial charge is 0.161 e. The van der Waals surface area contributed by atoms with Crippen molar-refractivity contribution in [3.63, 3.8) is 0 Å². The third kappa shape index (κ3) is 5.00. The van der Waals surface area contributed by atoms with Crippen molar-refractivity contribution in [2.75, 3.05) is 25.6 Å². The number of anilines is 1. The second kappa shape index (κ2) is 8.17. The highest BCUT2D eigenvalue weighted by molar-refractivity contribution is 5.39. The zero-order valence-electron chi connectivity index (χ0n) is 12.2. The highest BCUT2D eigenvalue weighted by atomic mass is 16.5. The minimum absolute atomic E-state index is 0.485. The highest BCUT2D eigenvalue weighted by Gasteiger charge is 2.02. The third-order valence-electron chi connectivity index (χ3n) is 2.88. The first kappa shape index (κ1) is 15.2. The SMILES string of the molecule is CCOc1ccccc1OCCOCc1ccc(N)cc1. The molecule has 0 radical (unpaired) electrons. The Kier molecular flexibility index (Phi) is 5.91. The molecule has 0 heterocycles. The monoisotopic (exact) mass is 287 g/mol. The van der Waals surface area contributed by atoms with E-state index in [2.05, 4.69) is 0 Å². The van der Waals surface area contributed by atoms with Gasteiger partial charge in [0.05, 0.1) is 19.8 Å². The topological polar surface area (TPSA) is 53.7 Å². The number of benzene rings is 2. The zero-order valence-corrected chi connectivity index (χ0v) is 12.2. The zero-order chi connectivity index (χ0) is 14.9. The van der Waals surface area contributed by atoms with Gasteiger partial charge >= 0.3 is 0 Å². The maximum absolute atomic E-state index is 5.68. The van der Waals surface area contributed by atoms with Gasteiger partial charge in [-0.1, -0.05) is 24.3 Å². The van der Waals surface area contributed by atoms with Gasteiger partial charge < -0.3 is 19.9 Å². The second-order valence-electron chi connectivity index (χ2n) is 4.52. The summed E-state index contributed by atoms with van der Waals surface area (Å²) in [6.07, 6.45) is 0. The molecule has 2 aromatic rings. The molecule has 2 N–H and O–H groups in total. The van der Waals surface area contributed by atoms with Crippen molar-refractivity contribution in [2.45, 2.75) is 13.5 Å². The quantitative estimate of drug-likeness (QED) is 0.598. The van der Waals surface area contributed by atoms with E-state index >= 15 is 0 Å². The first-order valence-corrected chi connectivity index (χ1v) is 7.06. The molecule has 4 nitrogen and oxygen atoms in total. The summed E-state index contributed by atoms with van der Waals surface area (Å²) in [4.78, 5) is 0. The van der Waals surface area contributed by atoms with Crippen LogP contribution in [-0.4, -0.2) is 19.8 Å². The molecular formula is C17H21NO3. The van der Waals surface area contributed by atoms with E-state index in [0.717, 1.165) is 22.7 Å². The molecule has 2 aromatic carbocycles. The standard InChI is InChI=1S/C17H21NO3/c1-2-20-16-5-3-4-6-17(16)21-12-11-19-13-14-7-9-15(18)10-8-14/h3-10H,2,11-13,18H2,1H3. The van der Waals surface area contributed by atoms with E-state index in [1.807, 2.05) is 55.5 Å². The predicted octanol–water partition coefficient (Wildman–Crippen LogP) is 3.26. The second-order valence-corrected chi connectivity index (χ2v) is 4.52. The number of hydrogen-bond acceptors (Lipinski definition) is 4. The Morgan fingerprint density at radius 2 is 1.52 bits per heavy atom. The fourth-order valence-electron chi connectivity index (χ4n) is 1.86. The molecule has 0 saturated carbocycles. The van der Waals surface area contributed by atoms with Crippen LogP contribution in [0.15, 0.2) is 48.5 Å². The van der Waals surface area contributed by atoms with Crippen LogP contribution < -0.4 is 15.2 Å². The van der Waals surface area contributed by atoms with Crippen LogP contribution in [0.5, 0.6) is 11.5 Å². The van der Waals surface area contributed by atoms with Gasteiger partial charge in [0.1, 0.15) is 6.61 Å². The van der Waals surface area contributed by atoms with Gasteiger partial charge in [-0.2, -0.15) is 0 Å². The van der Waals surface area contributed by atoms with Crippen LogP contribution in [-0.2, 0) is 11.3 Å². The molecule has 2 rings (SSSR count). The summed E-state index contributed by atoms with van der Waals surface area (Å²) in [5, 5.41) is 0. The maximum atomic E-state index is 5.68. The molecule has 0 atom stereocenters. The Morgan fingerprint density at radius 1 is 0.857 bits per heavy atom. The lowest BCUT2D eigenvalue weighted by molar-refractivity contribution is 0.0877. The van der Waals surface area contributed by atoms with E-state index < -0.39 is 0 Å². The number of hydrogen-bond donors (Lipinski definition) is 1. The Balaban J connectivity index is 1.71. The van der Waals surface area contributed by atoms with Crippen LogP contribution in [0.2, 0.25) is 0 Å². The van der Waals surface area contributed by atoms with Crippen LogP contribution in [0.3, 0.4) is 0 Å². The number of nitrogens with two attached hydrogens (primary N) is 1. The van der Waals surface area contributed by atoms with Gasteiger partial charge in [-0.25, -0.2) is 0 Å². The number of nitrogen functional groups attached to an aromatic ring is 1. The van der Waals surface area contributed by atoms with Crippen molar-refractivity contribution in [2.24, 2.45) is 0 Å². The largest absolute Gasteiger partial charge is 0.490 e. The lowest BCUT2D eigenvalue weighted by atomic mass is 10.2. The molecule has 0 aliphatic rings. The van der Waals surface area contributed by atoms with Gasteiger partial charge in [-0.3, -0.25) is 0 Å². The Hall–Kier alpha value is -2.20. The summed E-state index contributed by atoms with van der Waals surface area (Å²) >= 11 is 0. The van der Waals surface area contributed by atoms with E-state index in [1.165, 1.54) is 0 Å².